The monoisotopic (exact) mass is 264 g/mol. The van der Waals surface area contributed by atoms with Crippen LogP contribution in [0.15, 0.2) is 24.3 Å². The SMILES string of the molecule is CC(NCC(C)(C)C(C)C)c1cccc([N+](=O)[O-])c1. The molecule has 0 aromatic heterocycles. The van der Waals surface area contributed by atoms with E-state index in [0.717, 1.165) is 12.1 Å². The molecule has 4 nitrogen and oxygen atoms in total. The first-order valence-electron chi connectivity index (χ1n) is 6.72. The molecule has 0 spiro atoms. The highest BCUT2D eigenvalue weighted by atomic mass is 16.6. The van der Waals surface area contributed by atoms with Crippen molar-refractivity contribution in [3.05, 3.63) is 39.9 Å². The maximum absolute atomic E-state index is 10.8. The van der Waals surface area contributed by atoms with E-state index in [-0.39, 0.29) is 22.1 Å². The third-order valence-electron chi connectivity index (χ3n) is 4.01. The van der Waals surface area contributed by atoms with Gasteiger partial charge in [-0.25, -0.2) is 0 Å². The first-order chi connectivity index (χ1) is 8.74. The maximum Gasteiger partial charge on any atom is 0.269 e. The van der Waals surface area contributed by atoms with Gasteiger partial charge in [0.2, 0.25) is 0 Å². The number of nitro groups is 1. The molecular formula is C15H24N2O2. The molecule has 0 saturated heterocycles. The van der Waals surface area contributed by atoms with Crippen molar-refractivity contribution in [1.29, 1.82) is 0 Å². The van der Waals surface area contributed by atoms with Gasteiger partial charge in [-0.3, -0.25) is 10.1 Å². The largest absolute Gasteiger partial charge is 0.310 e. The summed E-state index contributed by atoms with van der Waals surface area (Å²) in [5.41, 5.74) is 1.30. The molecule has 0 aliphatic carbocycles. The van der Waals surface area contributed by atoms with Crippen molar-refractivity contribution >= 4 is 5.69 Å². The Hall–Kier alpha value is -1.42. The summed E-state index contributed by atoms with van der Waals surface area (Å²) in [7, 11) is 0. The fourth-order valence-electron chi connectivity index (χ4n) is 1.65. The lowest BCUT2D eigenvalue weighted by Gasteiger charge is -2.31. The molecule has 106 valence electrons. The molecular weight excluding hydrogens is 240 g/mol. The van der Waals surface area contributed by atoms with Gasteiger partial charge in [0.05, 0.1) is 4.92 Å². The molecule has 1 aromatic carbocycles. The van der Waals surface area contributed by atoms with E-state index in [1.165, 1.54) is 6.07 Å². The molecule has 1 N–H and O–H groups in total. The topological polar surface area (TPSA) is 55.2 Å². The zero-order valence-electron chi connectivity index (χ0n) is 12.4. The summed E-state index contributed by atoms with van der Waals surface area (Å²) in [5, 5.41) is 14.2. The third-order valence-corrected chi connectivity index (χ3v) is 4.01. The summed E-state index contributed by atoms with van der Waals surface area (Å²) < 4.78 is 0. The zero-order valence-corrected chi connectivity index (χ0v) is 12.4. The average Bonchev–Trinajstić information content (AvgIpc) is 2.36. The zero-order chi connectivity index (χ0) is 14.6. The number of nitro benzene ring substituents is 1. The van der Waals surface area contributed by atoms with Crippen LogP contribution >= 0.6 is 0 Å². The van der Waals surface area contributed by atoms with E-state index in [1.54, 1.807) is 12.1 Å². The molecule has 1 atom stereocenters. The molecule has 0 bridgehead atoms. The lowest BCUT2D eigenvalue weighted by atomic mass is 9.81. The Bertz CT molecular complexity index is 442. The van der Waals surface area contributed by atoms with Crippen LogP contribution in [0.2, 0.25) is 0 Å². The number of nitrogens with zero attached hydrogens (tertiary/aromatic N) is 1. The highest BCUT2D eigenvalue weighted by molar-refractivity contribution is 5.35. The Kier molecular flexibility index (Phi) is 5.06. The van der Waals surface area contributed by atoms with Crippen LogP contribution in [0.1, 0.15) is 46.2 Å². The molecule has 1 aromatic rings. The summed E-state index contributed by atoms with van der Waals surface area (Å²) in [6, 6.07) is 6.93. The van der Waals surface area contributed by atoms with Crippen LogP contribution in [0.25, 0.3) is 0 Å². The van der Waals surface area contributed by atoms with Crippen molar-refractivity contribution in [3.63, 3.8) is 0 Å². The summed E-state index contributed by atoms with van der Waals surface area (Å²) in [6.07, 6.45) is 0. The summed E-state index contributed by atoms with van der Waals surface area (Å²) in [4.78, 5) is 10.4. The van der Waals surface area contributed by atoms with Crippen LogP contribution in [0.5, 0.6) is 0 Å². The van der Waals surface area contributed by atoms with Gasteiger partial charge in [0, 0.05) is 24.7 Å². The van der Waals surface area contributed by atoms with E-state index >= 15 is 0 Å². The number of benzene rings is 1. The molecule has 0 amide bonds. The normalized spacial score (nSPS) is 13.6. The van der Waals surface area contributed by atoms with E-state index in [4.69, 9.17) is 0 Å². The summed E-state index contributed by atoms with van der Waals surface area (Å²) in [5.74, 6) is 0.581. The molecule has 0 aliphatic heterocycles. The van der Waals surface area contributed by atoms with Gasteiger partial charge in [-0.15, -0.1) is 0 Å². The molecule has 19 heavy (non-hydrogen) atoms. The minimum atomic E-state index is -0.353. The van der Waals surface area contributed by atoms with Crippen LogP contribution in [0, 0.1) is 21.4 Å². The number of hydrogen-bond acceptors (Lipinski definition) is 3. The lowest BCUT2D eigenvalue weighted by molar-refractivity contribution is -0.384. The average molecular weight is 264 g/mol. The Morgan fingerprint density at radius 1 is 1.32 bits per heavy atom. The van der Waals surface area contributed by atoms with E-state index in [2.05, 4.69) is 33.0 Å². The lowest BCUT2D eigenvalue weighted by Crippen LogP contribution is -2.34. The van der Waals surface area contributed by atoms with Gasteiger partial charge in [-0.2, -0.15) is 0 Å². The van der Waals surface area contributed by atoms with Gasteiger partial charge in [0.25, 0.3) is 5.69 Å². The predicted molar refractivity (Wildman–Crippen MR) is 78.1 cm³/mol. The smallest absolute Gasteiger partial charge is 0.269 e. The molecule has 0 radical (unpaired) electrons. The van der Waals surface area contributed by atoms with Crippen LogP contribution in [0.4, 0.5) is 5.69 Å². The highest BCUT2D eigenvalue weighted by Crippen LogP contribution is 2.26. The first-order valence-corrected chi connectivity index (χ1v) is 6.72. The van der Waals surface area contributed by atoms with Gasteiger partial charge >= 0.3 is 0 Å². The molecule has 0 fully saturated rings. The van der Waals surface area contributed by atoms with Crippen molar-refractivity contribution in [3.8, 4) is 0 Å². The maximum atomic E-state index is 10.8. The highest BCUT2D eigenvalue weighted by Gasteiger charge is 2.23. The molecule has 1 rings (SSSR count). The van der Waals surface area contributed by atoms with E-state index in [9.17, 15) is 10.1 Å². The number of nitrogens with one attached hydrogen (secondary N) is 1. The van der Waals surface area contributed by atoms with Crippen LogP contribution in [-0.4, -0.2) is 11.5 Å². The van der Waals surface area contributed by atoms with Gasteiger partial charge in [0.1, 0.15) is 0 Å². The Morgan fingerprint density at radius 2 is 1.95 bits per heavy atom. The second-order valence-corrected chi connectivity index (χ2v) is 6.10. The van der Waals surface area contributed by atoms with Crippen molar-refractivity contribution in [2.75, 3.05) is 6.54 Å². The molecule has 0 heterocycles. The van der Waals surface area contributed by atoms with Crippen molar-refractivity contribution in [2.45, 2.75) is 40.7 Å². The standard InChI is InChI=1S/C15H24N2O2/c1-11(2)15(4,5)10-16-12(3)13-7-6-8-14(9-13)17(18)19/h6-9,11-12,16H,10H2,1-5H3. The van der Waals surface area contributed by atoms with E-state index in [0.29, 0.717) is 5.92 Å². The Morgan fingerprint density at radius 3 is 2.47 bits per heavy atom. The quantitative estimate of drug-likeness (QED) is 0.625. The summed E-state index contributed by atoms with van der Waals surface area (Å²) >= 11 is 0. The van der Waals surface area contributed by atoms with Crippen molar-refractivity contribution in [2.24, 2.45) is 11.3 Å². The second kappa shape index (κ2) is 6.15. The fraction of sp³-hybridized carbons (Fsp3) is 0.600. The number of rotatable bonds is 6. The van der Waals surface area contributed by atoms with Gasteiger partial charge in [-0.1, -0.05) is 39.8 Å². The Labute approximate surface area is 115 Å². The minimum absolute atomic E-state index is 0.109. The molecule has 4 heteroatoms. The summed E-state index contributed by atoms with van der Waals surface area (Å²) in [6.45, 7) is 11.8. The molecule has 0 saturated carbocycles. The third kappa shape index (κ3) is 4.31. The van der Waals surface area contributed by atoms with Crippen molar-refractivity contribution in [1.82, 2.24) is 5.32 Å². The van der Waals surface area contributed by atoms with Crippen molar-refractivity contribution < 1.29 is 4.92 Å². The van der Waals surface area contributed by atoms with Crippen LogP contribution in [0.3, 0.4) is 0 Å². The first kappa shape index (κ1) is 15.6. The van der Waals surface area contributed by atoms with Gasteiger partial charge in [-0.05, 0) is 23.8 Å². The van der Waals surface area contributed by atoms with Gasteiger partial charge < -0.3 is 5.32 Å². The van der Waals surface area contributed by atoms with E-state index in [1.807, 2.05) is 13.0 Å². The fourth-order valence-corrected chi connectivity index (χ4v) is 1.65. The number of non-ortho nitro benzene ring substituents is 1. The Balaban J connectivity index is 2.71. The predicted octanol–water partition coefficient (Wildman–Crippen LogP) is 3.93. The molecule has 1 unspecified atom stereocenters. The van der Waals surface area contributed by atoms with Crippen LogP contribution < -0.4 is 5.32 Å². The second-order valence-electron chi connectivity index (χ2n) is 6.10. The van der Waals surface area contributed by atoms with Crippen LogP contribution in [-0.2, 0) is 0 Å². The number of hydrogen-bond donors (Lipinski definition) is 1. The van der Waals surface area contributed by atoms with E-state index < -0.39 is 0 Å². The minimum Gasteiger partial charge on any atom is -0.310 e. The molecule has 0 aliphatic rings. The van der Waals surface area contributed by atoms with Gasteiger partial charge in [0.15, 0.2) is 0 Å².